The lowest BCUT2D eigenvalue weighted by atomic mass is 10.1. The summed E-state index contributed by atoms with van der Waals surface area (Å²) in [4.78, 5) is 24.7. The Kier molecular flexibility index (Phi) is 8.46. The molecule has 0 heterocycles. The zero-order valence-electron chi connectivity index (χ0n) is 17.9. The van der Waals surface area contributed by atoms with Gasteiger partial charge >= 0.3 is 0 Å². The number of halogens is 2. The molecule has 3 rings (SSSR count). The Labute approximate surface area is 213 Å². The molecule has 0 radical (unpaired) electrons. The Morgan fingerprint density at radius 2 is 1.71 bits per heavy atom. The minimum Gasteiger partial charge on any atom is -0.508 e. The maximum atomic E-state index is 12.5. The van der Waals surface area contributed by atoms with Crippen molar-refractivity contribution in [1.29, 1.82) is 5.26 Å². The van der Waals surface area contributed by atoms with Crippen LogP contribution in [0.15, 0.2) is 75.2 Å². The molecule has 0 fully saturated rings. The molecule has 0 saturated heterocycles. The van der Waals surface area contributed by atoms with Crippen molar-refractivity contribution in [1.82, 2.24) is 0 Å². The average molecular weight is 585 g/mol. The summed E-state index contributed by atoms with van der Waals surface area (Å²) < 4.78 is 6.73. The van der Waals surface area contributed by atoms with E-state index in [4.69, 9.17) is 4.74 Å². The highest BCUT2D eigenvalue weighted by molar-refractivity contribution is 9.11. The number of amides is 2. The van der Waals surface area contributed by atoms with E-state index < -0.39 is 5.91 Å². The molecule has 34 heavy (non-hydrogen) atoms. The molecular weight excluding hydrogens is 566 g/mol. The van der Waals surface area contributed by atoms with Crippen molar-refractivity contribution < 1.29 is 19.4 Å². The standard InChI is InChI=1S/C25H19Br2N3O4/c1-15-3-2-4-19(9-15)29-23(32)14-34-24-21(26)11-16(12-22(24)27)10-17(13-28)25(33)30-18-5-7-20(31)8-6-18/h2-12,31H,14H2,1H3,(H,29,32)(H,30,33)/b17-10+. The second kappa shape index (κ2) is 11.5. The molecule has 0 unspecified atom stereocenters. The number of nitrogens with zero attached hydrogens (tertiary/aromatic N) is 1. The van der Waals surface area contributed by atoms with E-state index in [1.165, 1.54) is 30.3 Å². The van der Waals surface area contributed by atoms with Crippen molar-refractivity contribution >= 4 is 61.1 Å². The van der Waals surface area contributed by atoms with E-state index >= 15 is 0 Å². The summed E-state index contributed by atoms with van der Waals surface area (Å²) in [6.45, 7) is 1.73. The Bertz CT molecular complexity index is 1280. The summed E-state index contributed by atoms with van der Waals surface area (Å²) in [5, 5.41) is 24.2. The Balaban J connectivity index is 1.69. The lowest BCUT2D eigenvalue weighted by Gasteiger charge is -2.12. The number of carbonyl (C=O) groups is 2. The van der Waals surface area contributed by atoms with Gasteiger partial charge in [-0.15, -0.1) is 0 Å². The van der Waals surface area contributed by atoms with Crippen molar-refractivity contribution in [3.8, 4) is 17.6 Å². The summed E-state index contributed by atoms with van der Waals surface area (Å²) >= 11 is 6.82. The van der Waals surface area contributed by atoms with Gasteiger partial charge in [0.2, 0.25) is 0 Å². The first-order valence-corrected chi connectivity index (χ1v) is 11.5. The van der Waals surface area contributed by atoms with E-state index in [0.717, 1.165) is 5.56 Å². The van der Waals surface area contributed by atoms with Crippen LogP contribution < -0.4 is 15.4 Å². The SMILES string of the molecule is Cc1cccc(NC(=O)COc2c(Br)cc(/C=C(\C#N)C(=O)Nc3ccc(O)cc3)cc2Br)c1. The number of rotatable bonds is 7. The summed E-state index contributed by atoms with van der Waals surface area (Å²) in [7, 11) is 0. The first-order chi connectivity index (χ1) is 16.2. The predicted molar refractivity (Wildman–Crippen MR) is 137 cm³/mol. The van der Waals surface area contributed by atoms with Crippen LogP contribution >= 0.6 is 31.9 Å². The molecule has 2 amide bonds. The maximum absolute atomic E-state index is 12.5. The van der Waals surface area contributed by atoms with Crippen LogP contribution in [0.1, 0.15) is 11.1 Å². The van der Waals surface area contributed by atoms with Crippen LogP contribution in [0.2, 0.25) is 0 Å². The highest BCUT2D eigenvalue weighted by Gasteiger charge is 2.14. The van der Waals surface area contributed by atoms with Crippen molar-refractivity contribution in [3.05, 3.63) is 86.3 Å². The molecule has 9 heteroatoms. The maximum Gasteiger partial charge on any atom is 0.266 e. The number of carbonyl (C=O) groups excluding carboxylic acids is 2. The fraction of sp³-hybridized carbons (Fsp3) is 0.0800. The molecule has 0 aliphatic carbocycles. The highest BCUT2D eigenvalue weighted by atomic mass is 79.9. The number of hydrogen-bond donors (Lipinski definition) is 3. The molecule has 3 aromatic carbocycles. The molecule has 0 saturated carbocycles. The van der Waals surface area contributed by atoms with Crippen LogP contribution in [-0.2, 0) is 9.59 Å². The predicted octanol–water partition coefficient (Wildman–Crippen LogP) is 5.79. The van der Waals surface area contributed by atoms with Gasteiger partial charge < -0.3 is 20.5 Å². The van der Waals surface area contributed by atoms with E-state index in [9.17, 15) is 20.0 Å². The second-order valence-corrected chi connectivity index (χ2v) is 8.90. The zero-order chi connectivity index (χ0) is 24.7. The van der Waals surface area contributed by atoms with Gasteiger partial charge in [-0.2, -0.15) is 5.26 Å². The largest absolute Gasteiger partial charge is 0.508 e. The van der Waals surface area contributed by atoms with Gasteiger partial charge in [0.05, 0.1) is 8.95 Å². The molecule has 0 aliphatic heterocycles. The van der Waals surface area contributed by atoms with E-state index in [1.54, 1.807) is 18.2 Å². The van der Waals surface area contributed by atoms with Crippen LogP contribution in [0.25, 0.3) is 6.08 Å². The lowest BCUT2D eigenvalue weighted by Crippen LogP contribution is -2.20. The number of aryl methyl sites for hydroxylation is 1. The minimum atomic E-state index is -0.589. The van der Waals surface area contributed by atoms with E-state index in [0.29, 0.717) is 31.6 Å². The molecule has 3 N–H and O–H groups in total. The topological polar surface area (TPSA) is 111 Å². The van der Waals surface area contributed by atoms with Crippen molar-refractivity contribution in [2.24, 2.45) is 0 Å². The Morgan fingerprint density at radius 1 is 1.03 bits per heavy atom. The number of anilines is 2. The van der Waals surface area contributed by atoms with Crippen molar-refractivity contribution in [2.75, 3.05) is 17.2 Å². The van der Waals surface area contributed by atoms with Crippen LogP contribution in [0, 0.1) is 18.3 Å². The van der Waals surface area contributed by atoms with Crippen LogP contribution in [0.5, 0.6) is 11.5 Å². The van der Waals surface area contributed by atoms with Crippen LogP contribution in [0.4, 0.5) is 11.4 Å². The number of benzene rings is 3. The normalized spacial score (nSPS) is 10.8. The monoisotopic (exact) mass is 583 g/mol. The molecule has 0 spiro atoms. The molecule has 7 nitrogen and oxygen atoms in total. The van der Waals surface area contributed by atoms with Crippen molar-refractivity contribution in [2.45, 2.75) is 6.92 Å². The number of phenolic OH excluding ortho intramolecular Hbond substituents is 1. The number of phenols is 1. The van der Waals surface area contributed by atoms with Gasteiger partial charge in [0.1, 0.15) is 23.1 Å². The molecule has 0 bridgehead atoms. The average Bonchev–Trinajstić information content (AvgIpc) is 2.78. The summed E-state index contributed by atoms with van der Waals surface area (Å²) in [5.74, 6) is -0.429. The lowest BCUT2D eigenvalue weighted by molar-refractivity contribution is -0.118. The van der Waals surface area contributed by atoms with Gasteiger partial charge in [-0.1, -0.05) is 12.1 Å². The fourth-order valence-electron chi connectivity index (χ4n) is 2.92. The highest BCUT2D eigenvalue weighted by Crippen LogP contribution is 2.35. The summed E-state index contributed by atoms with van der Waals surface area (Å²) in [6, 6.07) is 18.6. The number of ether oxygens (including phenoxy) is 1. The van der Waals surface area contributed by atoms with Gasteiger partial charge in [0, 0.05) is 11.4 Å². The van der Waals surface area contributed by atoms with Crippen molar-refractivity contribution in [3.63, 3.8) is 0 Å². The molecule has 0 aliphatic rings. The van der Waals surface area contributed by atoms with E-state index in [2.05, 4.69) is 42.5 Å². The molecule has 3 aromatic rings. The smallest absolute Gasteiger partial charge is 0.266 e. The summed E-state index contributed by atoms with van der Waals surface area (Å²) in [5.41, 5.74) is 2.60. The van der Waals surface area contributed by atoms with Crippen LogP contribution in [-0.4, -0.2) is 23.5 Å². The van der Waals surface area contributed by atoms with E-state index in [-0.39, 0.29) is 23.8 Å². The number of nitrogens with one attached hydrogen (secondary N) is 2. The molecule has 0 aromatic heterocycles. The third-order valence-electron chi connectivity index (χ3n) is 4.47. The quantitative estimate of drug-likeness (QED) is 0.185. The van der Waals surface area contributed by atoms with Gasteiger partial charge in [-0.05, 0) is 105 Å². The zero-order valence-corrected chi connectivity index (χ0v) is 21.1. The van der Waals surface area contributed by atoms with Gasteiger partial charge in [0.25, 0.3) is 11.8 Å². The second-order valence-electron chi connectivity index (χ2n) is 7.19. The third kappa shape index (κ3) is 6.94. The van der Waals surface area contributed by atoms with Gasteiger partial charge in [-0.3, -0.25) is 9.59 Å². The number of hydrogen-bond acceptors (Lipinski definition) is 5. The van der Waals surface area contributed by atoms with Gasteiger partial charge in [-0.25, -0.2) is 0 Å². The fourth-order valence-corrected chi connectivity index (χ4v) is 4.37. The third-order valence-corrected chi connectivity index (χ3v) is 5.65. The number of nitriles is 1. The Morgan fingerprint density at radius 3 is 2.32 bits per heavy atom. The first-order valence-electron chi connectivity index (χ1n) is 9.95. The van der Waals surface area contributed by atoms with Crippen LogP contribution in [0.3, 0.4) is 0 Å². The molecule has 0 atom stereocenters. The number of aromatic hydroxyl groups is 1. The minimum absolute atomic E-state index is 0.0682. The Hall–Kier alpha value is -3.61. The van der Waals surface area contributed by atoms with Gasteiger partial charge in [0.15, 0.2) is 6.61 Å². The van der Waals surface area contributed by atoms with E-state index in [1.807, 2.05) is 31.2 Å². The summed E-state index contributed by atoms with van der Waals surface area (Å²) in [6.07, 6.45) is 1.43. The molecular formula is C25H19Br2N3O4. The molecule has 172 valence electrons. The first kappa shape index (κ1) is 25.0.